The number of cyclic esters (lactones) is 2. The van der Waals surface area contributed by atoms with Gasteiger partial charge in [0.1, 0.15) is 0 Å². The van der Waals surface area contributed by atoms with Crippen molar-refractivity contribution < 1.29 is 40.1 Å². The summed E-state index contributed by atoms with van der Waals surface area (Å²) in [7, 11) is 0. The Morgan fingerprint density at radius 1 is 1.10 bits per heavy atom. The van der Waals surface area contributed by atoms with E-state index in [4.69, 9.17) is 6.65 Å². The van der Waals surface area contributed by atoms with Gasteiger partial charge < -0.3 is 4.74 Å². The normalized spacial score (nSPS) is 14.8. The minimum absolute atomic E-state index is 0.263. The molecule has 5 nitrogen and oxygen atoms in total. The number of hydrogen-bond acceptors (Lipinski definition) is 5. The molecule has 1 saturated heterocycles. The summed E-state index contributed by atoms with van der Waals surface area (Å²) < 4.78 is 21.1. The summed E-state index contributed by atoms with van der Waals surface area (Å²) in [6.45, 7) is 0. The summed E-state index contributed by atoms with van der Waals surface area (Å²) >= 11 is -2.00. The Kier molecular flexibility index (Phi) is 4.97. The van der Waals surface area contributed by atoms with Crippen LogP contribution in [0.3, 0.4) is 0 Å². The summed E-state index contributed by atoms with van der Waals surface area (Å²) in [5, 5.41) is 0. The predicted molar refractivity (Wildman–Crippen MR) is 21.7 cm³/mol. The molecule has 1 aliphatic rings. The first-order chi connectivity index (χ1) is 4.70. The fourth-order valence-corrected chi connectivity index (χ4v) is 0.433. The van der Waals surface area contributed by atoms with E-state index in [1.165, 1.54) is 0 Å². The summed E-state index contributed by atoms with van der Waals surface area (Å²) in [5.41, 5.74) is 0. The molecule has 6 heteroatoms. The van der Waals surface area contributed by atoms with Gasteiger partial charge in [-0.2, -0.15) is 0 Å². The van der Waals surface area contributed by atoms with Gasteiger partial charge >= 0.3 is 37.7 Å². The molecular formula is C4H4O5Ti. The van der Waals surface area contributed by atoms with Crippen molar-refractivity contribution in [2.75, 3.05) is 0 Å². The second-order valence-electron chi connectivity index (χ2n) is 1.43. The van der Waals surface area contributed by atoms with Crippen molar-refractivity contribution in [2.24, 2.45) is 0 Å². The van der Waals surface area contributed by atoms with Crippen molar-refractivity contribution in [2.45, 2.75) is 12.8 Å². The molecular weight excluding hydrogens is 176 g/mol. The molecule has 0 aromatic carbocycles. The third kappa shape index (κ3) is 4.34. The van der Waals surface area contributed by atoms with Gasteiger partial charge in [-0.3, -0.25) is 9.59 Å². The number of ether oxygens (including phenoxy) is 1. The van der Waals surface area contributed by atoms with Gasteiger partial charge in [0.25, 0.3) is 0 Å². The van der Waals surface area contributed by atoms with Crippen molar-refractivity contribution in [1.82, 2.24) is 0 Å². The topological polar surface area (TPSA) is 77.5 Å². The van der Waals surface area contributed by atoms with Gasteiger partial charge in [-0.1, -0.05) is 0 Å². The summed E-state index contributed by atoms with van der Waals surface area (Å²) in [6.07, 6.45) is 0.525. The van der Waals surface area contributed by atoms with Gasteiger partial charge in [0.2, 0.25) is 0 Å². The maximum absolute atomic E-state index is 10.0. The van der Waals surface area contributed by atoms with E-state index < -0.39 is 31.0 Å². The number of carbonyl (C=O) groups is 2. The molecule has 1 heterocycles. The summed E-state index contributed by atoms with van der Waals surface area (Å²) in [5.74, 6) is -0.796. The minimum atomic E-state index is -2.00. The van der Waals surface area contributed by atoms with E-state index in [0.717, 1.165) is 0 Å². The molecule has 0 radical (unpaired) electrons. The molecule has 0 N–H and O–H groups in total. The Bertz CT molecular complexity index is 166. The van der Waals surface area contributed by atoms with Gasteiger partial charge in [0, 0.05) is 0 Å². The van der Waals surface area contributed by atoms with Crippen LogP contribution in [0.1, 0.15) is 12.8 Å². The fraction of sp³-hybridized carbons (Fsp3) is 0.500. The van der Waals surface area contributed by atoms with Crippen molar-refractivity contribution >= 4 is 11.9 Å². The number of hydrogen-bond donors (Lipinski definition) is 0. The molecule has 10 heavy (non-hydrogen) atoms. The number of esters is 2. The van der Waals surface area contributed by atoms with E-state index in [2.05, 4.69) is 4.74 Å². The molecule has 0 saturated carbocycles. The first-order valence-electron chi connectivity index (χ1n) is 2.43. The molecule has 1 fully saturated rings. The Hall–Kier alpha value is -0.546. The molecule has 0 aliphatic carbocycles. The molecule has 0 aromatic heterocycles. The van der Waals surface area contributed by atoms with Crippen LogP contribution >= 0.6 is 0 Å². The van der Waals surface area contributed by atoms with E-state index >= 15 is 0 Å². The van der Waals surface area contributed by atoms with Crippen molar-refractivity contribution in [3.8, 4) is 0 Å². The van der Waals surface area contributed by atoms with E-state index in [9.17, 15) is 9.59 Å². The van der Waals surface area contributed by atoms with Gasteiger partial charge in [-0.15, -0.1) is 0 Å². The monoisotopic (exact) mass is 180 g/mol. The van der Waals surface area contributed by atoms with Gasteiger partial charge in [-0.25, -0.2) is 0 Å². The average molecular weight is 180 g/mol. The van der Waals surface area contributed by atoms with Crippen molar-refractivity contribution in [1.29, 1.82) is 0 Å². The van der Waals surface area contributed by atoms with Crippen LogP contribution in [0.25, 0.3) is 0 Å². The first kappa shape index (κ1) is 9.45. The predicted octanol–water partition coefficient (Wildman–Crippen LogP) is -0.390. The second-order valence-corrected chi connectivity index (χ2v) is 1.69. The van der Waals surface area contributed by atoms with Crippen LogP contribution < -0.4 is 0 Å². The maximum atomic E-state index is 10.0. The summed E-state index contributed by atoms with van der Waals surface area (Å²) in [6, 6.07) is 0. The Morgan fingerprint density at radius 2 is 1.40 bits per heavy atom. The third-order valence-corrected chi connectivity index (χ3v) is 0.761. The van der Waals surface area contributed by atoms with E-state index in [1.54, 1.807) is 0 Å². The fourth-order valence-electron chi connectivity index (χ4n) is 0.433. The second kappa shape index (κ2) is 5.26. The Labute approximate surface area is 65.3 Å². The van der Waals surface area contributed by atoms with Gasteiger partial charge in [0.15, 0.2) is 0 Å². The summed E-state index contributed by atoms with van der Waals surface area (Å²) in [4.78, 5) is 20.0. The molecule has 0 spiro atoms. The molecule has 0 unspecified atom stereocenters. The SMILES string of the molecule is O=C1CCC(=O)O1.[O]=[Ti]=[O]. The molecule has 0 aromatic rings. The Balaban J connectivity index is 0.000000236. The Morgan fingerprint density at radius 3 is 1.50 bits per heavy atom. The van der Waals surface area contributed by atoms with Crippen LogP contribution in [0.15, 0.2) is 0 Å². The van der Waals surface area contributed by atoms with Gasteiger partial charge in [-0.05, 0) is 0 Å². The van der Waals surface area contributed by atoms with E-state index in [-0.39, 0.29) is 12.8 Å². The molecule has 1 rings (SSSR count). The first-order valence-corrected chi connectivity index (χ1v) is 3.71. The number of carbonyl (C=O) groups excluding carboxylic acids is 2. The standard InChI is InChI=1S/C4H4O3.2O.Ti/c5-3-1-2-4(6)7-3;;;/h1-2H2;;;. The molecule has 0 amide bonds. The zero-order valence-corrected chi connectivity index (χ0v) is 6.52. The average Bonchev–Trinajstić information content (AvgIpc) is 2.17. The quantitative estimate of drug-likeness (QED) is 0.288. The van der Waals surface area contributed by atoms with E-state index in [0.29, 0.717) is 0 Å². The number of rotatable bonds is 0. The van der Waals surface area contributed by atoms with Crippen LogP contribution in [-0.4, -0.2) is 11.9 Å². The molecule has 0 atom stereocenters. The molecule has 1 aliphatic heterocycles. The van der Waals surface area contributed by atoms with Crippen LogP contribution in [0.4, 0.5) is 0 Å². The van der Waals surface area contributed by atoms with Crippen LogP contribution in [0.2, 0.25) is 0 Å². The van der Waals surface area contributed by atoms with E-state index in [1.807, 2.05) is 0 Å². The van der Waals surface area contributed by atoms with Crippen molar-refractivity contribution in [3.05, 3.63) is 0 Å². The zero-order chi connectivity index (χ0) is 7.98. The van der Waals surface area contributed by atoms with Crippen molar-refractivity contribution in [3.63, 3.8) is 0 Å². The molecule has 0 bridgehead atoms. The zero-order valence-electron chi connectivity index (χ0n) is 4.96. The van der Waals surface area contributed by atoms with Crippen LogP contribution in [0.5, 0.6) is 0 Å². The third-order valence-electron chi connectivity index (χ3n) is 0.761. The molecule has 54 valence electrons. The van der Waals surface area contributed by atoms with Crippen LogP contribution in [0, 0.1) is 0 Å². The van der Waals surface area contributed by atoms with Gasteiger partial charge in [0.05, 0.1) is 12.8 Å². The van der Waals surface area contributed by atoms with Crippen LogP contribution in [-0.2, 0) is 40.1 Å².